The van der Waals surface area contributed by atoms with Crippen LogP contribution >= 0.6 is 11.8 Å². The maximum atomic E-state index is 13.2. The Morgan fingerprint density at radius 3 is 2.68 bits per heavy atom. The zero-order chi connectivity index (χ0) is 21.8. The number of nitrogens with one attached hydrogen (secondary N) is 1. The van der Waals surface area contributed by atoms with Crippen LogP contribution in [-0.4, -0.2) is 33.1 Å². The number of halogens is 3. The van der Waals surface area contributed by atoms with E-state index in [2.05, 4.69) is 20.3 Å². The van der Waals surface area contributed by atoms with Crippen LogP contribution in [0.2, 0.25) is 0 Å². The molecular formula is C21H18F3N5OS. The van der Waals surface area contributed by atoms with Crippen molar-refractivity contribution in [2.24, 2.45) is 5.10 Å². The smallest absolute Gasteiger partial charge is 0.272 e. The molecule has 6 nitrogen and oxygen atoms in total. The number of hydrazone groups is 1. The molecule has 1 amide bonds. The second-order valence-electron chi connectivity index (χ2n) is 6.98. The van der Waals surface area contributed by atoms with Crippen LogP contribution in [0.1, 0.15) is 35.7 Å². The molecule has 4 rings (SSSR count). The summed E-state index contributed by atoms with van der Waals surface area (Å²) in [6.07, 6.45) is -0.965. The molecule has 1 aliphatic carbocycles. The summed E-state index contributed by atoms with van der Waals surface area (Å²) in [6.45, 7) is 0. The molecule has 31 heavy (non-hydrogen) atoms. The van der Waals surface area contributed by atoms with Crippen molar-refractivity contribution in [1.29, 1.82) is 0 Å². The van der Waals surface area contributed by atoms with Gasteiger partial charge in [-0.3, -0.25) is 9.89 Å². The van der Waals surface area contributed by atoms with E-state index >= 15 is 0 Å². The summed E-state index contributed by atoms with van der Waals surface area (Å²) in [4.78, 5) is 17.3. The van der Waals surface area contributed by atoms with E-state index in [0.717, 1.165) is 47.6 Å². The van der Waals surface area contributed by atoms with E-state index in [1.54, 1.807) is 24.3 Å². The van der Waals surface area contributed by atoms with Crippen molar-refractivity contribution in [3.8, 4) is 0 Å². The van der Waals surface area contributed by atoms with Gasteiger partial charge in [-0.05, 0) is 36.6 Å². The molecular weight excluding hydrogens is 427 g/mol. The van der Waals surface area contributed by atoms with Crippen molar-refractivity contribution in [2.45, 2.75) is 30.1 Å². The van der Waals surface area contributed by atoms with Crippen molar-refractivity contribution in [1.82, 2.24) is 15.2 Å². The van der Waals surface area contributed by atoms with Gasteiger partial charge in [0.1, 0.15) is 5.82 Å². The van der Waals surface area contributed by atoms with Gasteiger partial charge in [0.05, 0.1) is 23.2 Å². The fraction of sp³-hybridized carbons (Fsp3) is 0.238. The normalized spacial score (nSPS) is 14.2. The van der Waals surface area contributed by atoms with E-state index in [1.165, 1.54) is 18.3 Å². The summed E-state index contributed by atoms with van der Waals surface area (Å²) in [6, 6.07) is 13.5. The Morgan fingerprint density at radius 1 is 1.19 bits per heavy atom. The lowest BCUT2D eigenvalue weighted by Crippen LogP contribution is -2.28. The Labute approximate surface area is 180 Å². The molecule has 1 N–H and O–H groups in total. The molecule has 0 radical (unpaired) electrons. The van der Waals surface area contributed by atoms with E-state index < -0.39 is 17.6 Å². The highest BCUT2D eigenvalue weighted by atomic mass is 32.2. The zero-order valence-corrected chi connectivity index (χ0v) is 17.0. The number of carbonyl (C=O) groups is 1. The summed E-state index contributed by atoms with van der Waals surface area (Å²) in [5.74, 6) is 0.625. The summed E-state index contributed by atoms with van der Waals surface area (Å²) >= 11 is 1.11. The fourth-order valence-electron chi connectivity index (χ4n) is 2.80. The zero-order valence-electron chi connectivity index (χ0n) is 16.2. The number of aromatic amines is 1. The first-order chi connectivity index (χ1) is 14.9. The number of anilines is 1. The standard InChI is InChI=1S/C21H18F3N5OS/c22-21(23,24)16-7-4-8-17(11-16)29(25-12-14-5-2-1-3-6-14)18(30)13-31-20-26-19(27-28-20)15-9-10-15/h1-8,11-12,15H,9-10,13H2,(H,26,27,28). The summed E-state index contributed by atoms with van der Waals surface area (Å²) in [5, 5.41) is 12.5. The molecule has 10 heteroatoms. The number of aromatic nitrogens is 3. The van der Waals surface area contributed by atoms with Crippen LogP contribution in [-0.2, 0) is 11.0 Å². The van der Waals surface area contributed by atoms with Gasteiger partial charge in [-0.25, -0.2) is 9.99 Å². The van der Waals surface area contributed by atoms with E-state index in [4.69, 9.17) is 0 Å². The fourth-order valence-corrected chi connectivity index (χ4v) is 3.45. The molecule has 0 saturated heterocycles. The Morgan fingerprint density at radius 2 is 1.97 bits per heavy atom. The van der Waals surface area contributed by atoms with Crippen molar-refractivity contribution in [3.05, 3.63) is 71.5 Å². The molecule has 1 aromatic heterocycles. The Balaban J connectivity index is 1.55. The highest BCUT2D eigenvalue weighted by molar-refractivity contribution is 7.99. The van der Waals surface area contributed by atoms with Gasteiger partial charge in [0.2, 0.25) is 5.16 Å². The minimum Gasteiger partial charge on any atom is -0.272 e. The Bertz CT molecular complexity index is 1080. The molecule has 0 bridgehead atoms. The number of nitrogens with zero attached hydrogens (tertiary/aromatic N) is 4. The molecule has 2 aromatic carbocycles. The highest BCUT2D eigenvalue weighted by Gasteiger charge is 2.31. The second-order valence-corrected chi connectivity index (χ2v) is 7.92. The van der Waals surface area contributed by atoms with Crippen LogP contribution in [0.25, 0.3) is 0 Å². The van der Waals surface area contributed by atoms with E-state index in [9.17, 15) is 18.0 Å². The third-order valence-corrected chi connectivity index (χ3v) is 5.38. The second kappa shape index (κ2) is 8.93. The number of amides is 1. The number of hydrogen-bond acceptors (Lipinski definition) is 5. The van der Waals surface area contributed by atoms with Crippen LogP contribution in [0.4, 0.5) is 18.9 Å². The SMILES string of the molecule is O=C(CSc1n[nH]c(C2CC2)n1)N(N=Cc1ccccc1)c1cccc(C(F)(F)F)c1. The van der Waals surface area contributed by atoms with Gasteiger partial charge in [-0.1, -0.05) is 48.2 Å². The number of H-pyrrole nitrogens is 1. The Kier molecular flexibility index (Phi) is 6.08. The molecule has 160 valence electrons. The Hall–Kier alpha value is -3.14. The first kappa shape index (κ1) is 21.1. The van der Waals surface area contributed by atoms with Crippen LogP contribution in [0.5, 0.6) is 0 Å². The minimum absolute atomic E-state index is 0.0289. The van der Waals surface area contributed by atoms with Crippen LogP contribution in [0, 0.1) is 0 Å². The summed E-state index contributed by atoms with van der Waals surface area (Å²) < 4.78 is 39.5. The maximum absolute atomic E-state index is 13.2. The molecule has 0 spiro atoms. The largest absolute Gasteiger partial charge is 0.416 e. The number of hydrogen-bond donors (Lipinski definition) is 1. The monoisotopic (exact) mass is 445 g/mol. The third-order valence-electron chi connectivity index (χ3n) is 4.55. The molecule has 1 heterocycles. The first-order valence-electron chi connectivity index (χ1n) is 9.54. The predicted molar refractivity (Wildman–Crippen MR) is 112 cm³/mol. The molecule has 0 unspecified atom stereocenters. The van der Waals surface area contributed by atoms with Crippen molar-refractivity contribution in [3.63, 3.8) is 0 Å². The van der Waals surface area contributed by atoms with Gasteiger partial charge in [-0.2, -0.15) is 18.3 Å². The highest BCUT2D eigenvalue weighted by Crippen LogP contribution is 2.38. The lowest BCUT2D eigenvalue weighted by Gasteiger charge is -2.18. The van der Waals surface area contributed by atoms with E-state index in [1.807, 2.05) is 6.07 Å². The number of benzene rings is 2. The quantitative estimate of drug-likeness (QED) is 0.320. The number of thioether (sulfide) groups is 1. The lowest BCUT2D eigenvalue weighted by molar-refractivity contribution is -0.137. The average molecular weight is 445 g/mol. The minimum atomic E-state index is -4.53. The molecule has 3 aromatic rings. The van der Waals surface area contributed by atoms with Gasteiger partial charge >= 0.3 is 6.18 Å². The summed E-state index contributed by atoms with van der Waals surface area (Å²) in [7, 11) is 0. The van der Waals surface area contributed by atoms with Crippen LogP contribution < -0.4 is 5.01 Å². The number of carbonyl (C=O) groups excluding carboxylic acids is 1. The molecule has 0 atom stereocenters. The van der Waals surface area contributed by atoms with Crippen LogP contribution in [0.3, 0.4) is 0 Å². The molecule has 1 saturated carbocycles. The van der Waals surface area contributed by atoms with Crippen LogP contribution in [0.15, 0.2) is 64.9 Å². The first-order valence-corrected chi connectivity index (χ1v) is 10.5. The van der Waals surface area contributed by atoms with Gasteiger partial charge in [0, 0.05) is 5.92 Å². The van der Waals surface area contributed by atoms with Crippen molar-refractivity contribution < 1.29 is 18.0 Å². The summed E-state index contributed by atoms with van der Waals surface area (Å²) in [5.41, 5.74) is -0.113. The van der Waals surface area contributed by atoms with Crippen molar-refractivity contribution >= 4 is 29.6 Å². The van der Waals surface area contributed by atoms with Gasteiger partial charge in [0.25, 0.3) is 5.91 Å². The van der Waals surface area contributed by atoms with E-state index in [-0.39, 0.29) is 11.4 Å². The van der Waals surface area contributed by atoms with Gasteiger partial charge in [0.15, 0.2) is 0 Å². The van der Waals surface area contributed by atoms with Crippen molar-refractivity contribution in [2.75, 3.05) is 10.8 Å². The lowest BCUT2D eigenvalue weighted by atomic mass is 10.2. The predicted octanol–water partition coefficient (Wildman–Crippen LogP) is 4.86. The number of rotatable bonds is 7. The van der Waals surface area contributed by atoms with Gasteiger partial charge in [-0.15, -0.1) is 5.10 Å². The molecule has 0 aliphatic heterocycles. The third kappa shape index (κ3) is 5.52. The molecule has 1 fully saturated rings. The number of alkyl halides is 3. The topological polar surface area (TPSA) is 74.2 Å². The van der Waals surface area contributed by atoms with E-state index in [0.29, 0.717) is 16.6 Å². The average Bonchev–Trinajstić information content (AvgIpc) is 3.51. The van der Waals surface area contributed by atoms with Gasteiger partial charge < -0.3 is 0 Å². The molecule has 1 aliphatic rings. The maximum Gasteiger partial charge on any atom is 0.416 e.